The summed E-state index contributed by atoms with van der Waals surface area (Å²) in [6, 6.07) is 21.7. The van der Waals surface area contributed by atoms with Crippen LogP contribution in [0.5, 0.6) is 5.75 Å². The Morgan fingerprint density at radius 3 is 2.56 bits per heavy atom. The number of hydrogen-bond acceptors (Lipinski definition) is 6. The number of hydrogen-bond donors (Lipinski definition) is 3. The van der Waals surface area contributed by atoms with Crippen LogP contribution in [0.2, 0.25) is 0 Å². The predicted octanol–water partition coefficient (Wildman–Crippen LogP) is 6.18. The van der Waals surface area contributed by atoms with Gasteiger partial charge in [0.05, 0.1) is 28.6 Å². The Morgan fingerprint density at radius 1 is 0.976 bits per heavy atom. The van der Waals surface area contributed by atoms with Crippen molar-refractivity contribution in [2.24, 2.45) is 0 Å². The largest absolute Gasteiger partial charge is 0.507 e. The highest BCUT2D eigenvalue weighted by atomic mass is 16.3. The summed E-state index contributed by atoms with van der Waals surface area (Å²) in [4.78, 5) is 34.8. The van der Waals surface area contributed by atoms with Gasteiger partial charge in [0.15, 0.2) is 0 Å². The van der Waals surface area contributed by atoms with Crippen molar-refractivity contribution in [3.05, 3.63) is 102 Å². The molecule has 0 unspecified atom stereocenters. The van der Waals surface area contributed by atoms with Gasteiger partial charge >= 0.3 is 6.03 Å². The van der Waals surface area contributed by atoms with Crippen LogP contribution in [0.1, 0.15) is 58.9 Å². The zero-order chi connectivity index (χ0) is 28.3. The predicted molar refractivity (Wildman–Crippen MR) is 157 cm³/mol. The highest BCUT2D eigenvalue weighted by Gasteiger charge is 2.26. The van der Waals surface area contributed by atoms with Gasteiger partial charge in [0, 0.05) is 29.8 Å². The molecule has 6 rings (SSSR count). The van der Waals surface area contributed by atoms with E-state index in [0.717, 1.165) is 42.5 Å². The van der Waals surface area contributed by atoms with E-state index in [1.54, 1.807) is 18.2 Å². The minimum Gasteiger partial charge on any atom is -0.507 e. The number of carbonyl (C=O) groups is 2. The van der Waals surface area contributed by atoms with Gasteiger partial charge in [-0.1, -0.05) is 54.8 Å². The lowest BCUT2D eigenvalue weighted by Gasteiger charge is -2.12. The van der Waals surface area contributed by atoms with Gasteiger partial charge in [0.25, 0.3) is 5.91 Å². The van der Waals surface area contributed by atoms with Gasteiger partial charge in [-0.2, -0.15) is 9.78 Å². The highest BCUT2D eigenvalue weighted by Crippen LogP contribution is 2.38. The summed E-state index contributed by atoms with van der Waals surface area (Å²) in [6.45, 7) is 2.41. The summed E-state index contributed by atoms with van der Waals surface area (Å²) in [5, 5.41) is 21.3. The number of amides is 2. The second-order valence-electron chi connectivity index (χ2n) is 10.4. The molecule has 3 N–H and O–H groups in total. The Kier molecular flexibility index (Phi) is 7.16. The monoisotopic (exact) mass is 546 g/mol. The molecule has 5 aromatic rings. The van der Waals surface area contributed by atoms with E-state index < -0.39 is 5.91 Å². The van der Waals surface area contributed by atoms with E-state index in [9.17, 15) is 14.7 Å². The van der Waals surface area contributed by atoms with Crippen molar-refractivity contribution in [3.63, 3.8) is 0 Å². The van der Waals surface area contributed by atoms with E-state index in [-0.39, 0.29) is 23.4 Å². The van der Waals surface area contributed by atoms with Gasteiger partial charge in [0.1, 0.15) is 11.4 Å². The zero-order valence-corrected chi connectivity index (χ0v) is 22.7. The van der Waals surface area contributed by atoms with Crippen LogP contribution in [0.25, 0.3) is 22.3 Å². The molecule has 9 heteroatoms. The molecule has 1 aliphatic rings. The number of para-hydroxylation sites is 2. The van der Waals surface area contributed by atoms with Crippen LogP contribution in [0.4, 0.5) is 10.5 Å². The number of rotatable bonds is 6. The van der Waals surface area contributed by atoms with Crippen molar-refractivity contribution < 1.29 is 14.7 Å². The third kappa shape index (κ3) is 5.65. The van der Waals surface area contributed by atoms with Crippen LogP contribution < -0.4 is 10.6 Å². The van der Waals surface area contributed by atoms with Gasteiger partial charge in [0.2, 0.25) is 0 Å². The van der Waals surface area contributed by atoms with Crippen LogP contribution in [-0.4, -0.2) is 36.8 Å². The maximum atomic E-state index is 13.3. The number of nitrogens with zero attached hydrogens (tertiary/aromatic N) is 4. The lowest BCUT2D eigenvalue weighted by molar-refractivity contribution is 0.102. The zero-order valence-electron chi connectivity index (χ0n) is 22.7. The lowest BCUT2D eigenvalue weighted by Crippen LogP contribution is -2.30. The molecule has 0 saturated heterocycles. The van der Waals surface area contributed by atoms with Gasteiger partial charge in [-0.3, -0.25) is 9.78 Å². The molecule has 0 spiro atoms. The number of benzene rings is 3. The van der Waals surface area contributed by atoms with Crippen LogP contribution in [0, 0.1) is 6.92 Å². The third-order valence-corrected chi connectivity index (χ3v) is 7.44. The fourth-order valence-electron chi connectivity index (χ4n) is 5.36. The standard InChI is InChI=1S/C32H30N6O3/c1-20-7-6-8-21(15-20)18-34-32(41)38-29(22-9-2-3-10-22)17-27(37-38)24-14-13-23(16-30(24)39)35-31(40)28-19-33-25-11-4-5-12-26(25)36-28/h4-8,11-17,19,22,39H,2-3,9-10,18H2,1H3,(H,34,41)(H,35,40). The summed E-state index contributed by atoms with van der Waals surface area (Å²) in [5.74, 6) is -0.270. The average molecular weight is 547 g/mol. The van der Waals surface area contributed by atoms with E-state index in [2.05, 4.69) is 25.7 Å². The molecule has 1 saturated carbocycles. The molecule has 0 radical (unpaired) electrons. The van der Waals surface area contributed by atoms with Gasteiger partial charge in [-0.05, 0) is 55.7 Å². The minimum absolute atomic E-state index is 0.0600. The Bertz CT molecular complexity index is 1760. The van der Waals surface area contributed by atoms with Gasteiger partial charge in [-0.15, -0.1) is 0 Å². The Balaban J connectivity index is 1.23. The molecule has 41 heavy (non-hydrogen) atoms. The molecular formula is C32H30N6O3. The third-order valence-electron chi connectivity index (χ3n) is 7.44. The molecule has 0 aliphatic heterocycles. The topological polar surface area (TPSA) is 122 Å². The summed E-state index contributed by atoms with van der Waals surface area (Å²) >= 11 is 0. The number of carbonyl (C=O) groups excluding carboxylic acids is 2. The van der Waals surface area contributed by atoms with E-state index in [1.165, 1.54) is 16.9 Å². The molecule has 206 valence electrons. The molecule has 1 aliphatic carbocycles. The lowest BCUT2D eigenvalue weighted by atomic mass is 10.0. The smallest absolute Gasteiger partial charge is 0.342 e. The fraction of sp³-hybridized carbons (Fsp3) is 0.219. The second-order valence-corrected chi connectivity index (χ2v) is 10.4. The molecule has 2 heterocycles. The van der Waals surface area contributed by atoms with E-state index in [4.69, 9.17) is 0 Å². The number of aromatic hydroxyl groups is 1. The number of phenolic OH excluding ortho intramolecular Hbond substituents is 1. The quantitative estimate of drug-likeness (QED) is 0.234. The van der Waals surface area contributed by atoms with Crippen LogP contribution in [0.3, 0.4) is 0 Å². The average Bonchev–Trinajstić information content (AvgIpc) is 3.66. The first-order valence-electron chi connectivity index (χ1n) is 13.7. The van der Waals surface area contributed by atoms with Crippen molar-refractivity contribution in [2.45, 2.75) is 45.1 Å². The maximum absolute atomic E-state index is 13.3. The van der Waals surface area contributed by atoms with Crippen molar-refractivity contribution in [1.29, 1.82) is 0 Å². The molecule has 1 fully saturated rings. The maximum Gasteiger partial charge on any atom is 0.342 e. The molecule has 0 bridgehead atoms. The molecule has 3 aromatic carbocycles. The first-order valence-corrected chi connectivity index (χ1v) is 13.7. The summed E-state index contributed by atoms with van der Waals surface area (Å²) < 4.78 is 1.44. The summed E-state index contributed by atoms with van der Waals surface area (Å²) in [6.07, 6.45) is 5.62. The van der Waals surface area contributed by atoms with Gasteiger partial charge in [-0.25, -0.2) is 9.78 Å². The van der Waals surface area contributed by atoms with Crippen molar-refractivity contribution in [1.82, 2.24) is 25.1 Å². The molecule has 2 aromatic heterocycles. The first-order chi connectivity index (χ1) is 19.9. The Hall–Kier alpha value is -5.05. The number of aromatic nitrogens is 4. The molecule has 9 nitrogen and oxygen atoms in total. The van der Waals surface area contributed by atoms with E-state index in [0.29, 0.717) is 34.5 Å². The van der Waals surface area contributed by atoms with Crippen molar-refractivity contribution in [2.75, 3.05) is 5.32 Å². The van der Waals surface area contributed by atoms with Crippen LogP contribution in [-0.2, 0) is 6.54 Å². The first kappa shape index (κ1) is 26.2. The molecular weight excluding hydrogens is 516 g/mol. The number of fused-ring (bicyclic) bond motifs is 1. The van der Waals surface area contributed by atoms with Crippen molar-refractivity contribution >= 4 is 28.7 Å². The molecule has 2 amide bonds. The van der Waals surface area contributed by atoms with Gasteiger partial charge < -0.3 is 15.7 Å². The van der Waals surface area contributed by atoms with Crippen molar-refractivity contribution in [3.8, 4) is 17.0 Å². The Morgan fingerprint density at radius 2 is 1.78 bits per heavy atom. The highest BCUT2D eigenvalue weighted by molar-refractivity contribution is 6.03. The van der Waals surface area contributed by atoms with Crippen LogP contribution in [0.15, 0.2) is 79.0 Å². The van der Waals surface area contributed by atoms with E-state index >= 15 is 0 Å². The normalized spacial score (nSPS) is 13.4. The Labute approximate surface area is 237 Å². The summed E-state index contributed by atoms with van der Waals surface area (Å²) in [5.41, 5.74) is 5.84. The van der Waals surface area contributed by atoms with E-state index in [1.807, 2.05) is 55.5 Å². The number of anilines is 1. The number of phenols is 1. The number of aryl methyl sites for hydroxylation is 1. The SMILES string of the molecule is Cc1cccc(CNC(=O)n2nc(-c3ccc(NC(=O)c4cnc5ccccc5n4)cc3O)cc2C2CCCC2)c1. The number of nitrogens with one attached hydrogen (secondary N) is 2. The molecule has 0 atom stereocenters. The fourth-order valence-corrected chi connectivity index (χ4v) is 5.36. The summed E-state index contributed by atoms with van der Waals surface area (Å²) in [7, 11) is 0. The minimum atomic E-state index is -0.437. The second kappa shape index (κ2) is 11.2. The van der Waals surface area contributed by atoms with Crippen LogP contribution >= 0.6 is 0 Å².